The third-order valence-corrected chi connectivity index (χ3v) is 6.39. The van der Waals surface area contributed by atoms with Gasteiger partial charge in [-0.25, -0.2) is 8.42 Å². The van der Waals surface area contributed by atoms with Crippen LogP contribution in [-0.4, -0.2) is 35.9 Å². The standard InChI is InChI=1S/C13H17Br2NO4S/c1-13(2,3)16(7-6-12(17)18)21(19,20)11-8-9(14)4-5-10(11)15/h4-5,8H,6-7H2,1-3H3,(H,17,18). The van der Waals surface area contributed by atoms with Crippen molar-refractivity contribution in [3.63, 3.8) is 0 Å². The molecule has 0 spiro atoms. The molecule has 0 unspecified atom stereocenters. The lowest BCUT2D eigenvalue weighted by molar-refractivity contribution is -0.137. The molecule has 5 nitrogen and oxygen atoms in total. The second-order valence-corrected chi connectivity index (χ2v) is 9.07. The lowest BCUT2D eigenvalue weighted by atomic mass is 10.1. The molecule has 1 N–H and O–H groups in total. The smallest absolute Gasteiger partial charge is 0.304 e. The first-order valence-corrected chi connectivity index (χ1v) is 9.18. The topological polar surface area (TPSA) is 74.7 Å². The Morgan fingerprint density at radius 2 is 1.86 bits per heavy atom. The molecule has 0 radical (unpaired) electrons. The fourth-order valence-electron chi connectivity index (χ4n) is 1.81. The summed E-state index contributed by atoms with van der Waals surface area (Å²) in [7, 11) is -3.81. The van der Waals surface area contributed by atoms with Gasteiger partial charge < -0.3 is 5.11 Å². The minimum atomic E-state index is -3.81. The van der Waals surface area contributed by atoms with E-state index in [1.54, 1.807) is 32.9 Å². The molecule has 0 aliphatic rings. The fraction of sp³-hybridized carbons (Fsp3) is 0.462. The van der Waals surface area contributed by atoms with E-state index in [-0.39, 0.29) is 17.9 Å². The van der Waals surface area contributed by atoms with Crippen LogP contribution in [-0.2, 0) is 14.8 Å². The van der Waals surface area contributed by atoms with Crippen LogP contribution in [0.5, 0.6) is 0 Å². The zero-order chi connectivity index (χ0) is 16.4. The molecule has 118 valence electrons. The predicted molar refractivity (Wildman–Crippen MR) is 87.7 cm³/mol. The summed E-state index contributed by atoms with van der Waals surface area (Å²) in [5, 5.41) is 8.82. The number of halogens is 2. The quantitative estimate of drug-likeness (QED) is 0.757. The van der Waals surface area contributed by atoms with E-state index < -0.39 is 21.5 Å². The van der Waals surface area contributed by atoms with Gasteiger partial charge >= 0.3 is 5.97 Å². The first-order valence-electron chi connectivity index (χ1n) is 6.16. The maximum atomic E-state index is 12.8. The molecule has 0 bridgehead atoms. The molecule has 21 heavy (non-hydrogen) atoms. The number of rotatable bonds is 5. The Bertz CT molecular complexity index is 638. The Kier molecular flexibility index (Phi) is 5.99. The van der Waals surface area contributed by atoms with Gasteiger partial charge in [-0.1, -0.05) is 15.9 Å². The monoisotopic (exact) mass is 441 g/mol. The van der Waals surface area contributed by atoms with Crippen LogP contribution in [0.4, 0.5) is 0 Å². The normalized spacial score (nSPS) is 12.7. The Morgan fingerprint density at radius 1 is 1.29 bits per heavy atom. The van der Waals surface area contributed by atoms with Gasteiger partial charge in [-0.05, 0) is 54.9 Å². The second-order valence-electron chi connectivity index (χ2n) is 5.47. The summed E-state index contributed by atoms with van der Waals surface area (Å²) in [6, 6.07) is 4.86. The van der Waals surface area contributed by atoms with Crippen LogP contribution in [0.2, 0.25) is 0 Å². The largest absolute Gasteiger partial charge is 0.481 e. The number of carboxylic acids is 1. The SMILES string of the molecule is CC(C)(C)N(CCC(=O)O)S(=O)(=O)c1cc(Br)ccc1Br. The van der Waals surface area contributed by atoms with Crippen molar-refractivity contribution in [3.05, 3.63) is 27.1 Å². The second kappa shape index (κ2) is 6.76. The molecule has 0 saturated heterocycles. The van der Waals surface area contributed by atoms with Gasteiger partial charge in [0, 0.05) is 21.0 Å². The zero-order valence-electron chi connectivity index (χ0n) is 11.9. The van der Waals surface area contributed by atoms with Crippen LogP contribution >= 0.6 is 31.9 Å². The maximum absolute atomic E-state index is 12.8. The average molecular weight is 443 g/mol. The highest BCUT2D eigenvalue weighted by molar-refractivity contribution is 9.11. The Hall–Kier alpha value is -0.440. The van der Waals surface area contributed by atoms with Crippen molar-refractivity contribution in [1.82, 2.24) is 4.31 Å². The number of hydrogen-bond donors (Lipinski definition) is 1. The van der Waals surface area contributed by atoms with Crippen molar-refractivity contribution in [2.45, 2.75) is 37.6 Å². The molecule has 1 aromatic carbocycles. The molecular formula is C13H17Br2NO4S. The molecule has 0 aliphatic heterocycles. The molecule has 0 atom stereocenters. The van der Waals surface area contributed by atoms with E-state index in [1.807, 2.05) is 0 Å². The van der Waals surface area contributed by atoms with Gasteiger partial charge in [0.05, 0.1) is 11.3 Å². The molecule has 8 heteroatoms. The molecule has 0 fully saturated rings. The van der Waals surface area contributed by atoms with Crippen LogP contribution in [0.1, 0.15) is 27.2 Å². The van der Waals surface area contributed by atoms with Gasteiger partial charge in [0.2, 0.25) is 10.0 Å². The Morgan fingerprint density at radius 3 is 2.33 bits per heavy atom. The van der Waals surface area contributed by atoms with E-state index in [4.69, 9.17) is 5.11 Å². The van der Waals surface area contributed by atoms with Gasteiger partial charge in [-0.15, -0.1) is 0 Å². The maximum Gasteiger partial charge on any atom is 0.304 e. The highest BCUT2D eigenvalue weighted by Gasteiger charge is 2.35. The van der Waals surface area contributed by atoms with Crippen molar-refractivity contribution in [1.29, 1.82) is 0 Å². The van der Waals surface area contributed by atoms with Crippen molar-refractivity contribution in [2.75, 3.05) is 6.54 Å². The van der Waals surface area contributed by atoms with E-state index in [0.717, 1.165) is 0 Å². The third kappa shape index (κ3) is 4.77. The summed E-state index contributed by atoms with van der Waals surface area (Å²) < 4.78 is 28.0. The van der Waals surface area contributed by atoms with Crippen LogP contribution in [0, 0.1) is 0 Å². The summed E-state index contributed by atoms with van der Waals surface area (Å²) in [5.41, 5.74) is -0.726. The zero-order valence-corrected chi connectivity index (χ0v) is 15.9. The number of aliphatic carboxylic acids is 1. The van der Waals surface area contributed by atoms with Crippen LogP contribution < -0.4 is 0 Å². The highest BCUT2D eigenvalue weighted by atomic mass is 79.9. The van der Waals surface area contributed by atoms with Gasteiger partial charge in [-0.3, -0.25) is 4.79 Å². The molecule has 1 rings (SSSR count). The number of hydrogen-bond acceptors (Lipinski definition) is 3. The minimum absolute atomic E-state index is 0.0832. The van der Waals surface area contributed by atoms with Gasteiger partial charge in [0.1, 0.15) is 0 Å². The molecule has 0 aliphatic carbocycles. The molecule has 0 heterocycles. The number of carbonyl (C=O) groups is 1. The minimum Gasteiger partial charge on any atom is -0.481 e. The lowest BCUT2D eigenvalue weighted by Gasteiger charge is -2.34. The molecular weight excluding hydrogens is 426 g/mol. The summed E-state index contributed by atoms with van der Waals surface area (Å²) in [4.78, 5) is 10.9. The summed E-state index contributed by atoms with van der Waals surface area (Å²) in [6.45, 7) is 5.12. The van der Waals surface area contributed by atoms with Crippen molar-refractivity contribution in [2.24, 2.45) is 0 Å². The average Bonchev–Trinajstić information content (AvgIpc) is 2.29. The number of carboxylic acid groups (broad SMARTS) is 1. The summed E-state index contributed by atoms with van der Waals surface area (Å²) >= 11 is 6.49. The number of benzene rings is 1. The van der Waals surface area contributed by atoms with Gasteiger partial charge in [-0.2, -0.15) is 4.31 Å². The van der Waals surface area contributed by atoms with Crippen LogP contribution in [0.3, 0.4) is 0 Å². The Labute approximate surface area is 141 Å². The molecule has 0 aromatic heterocycles. The predicted octanol–water partition coefficient (Wildman–Crippen LogP) is 3.48. The first kappa shape index (κ1) is 18.6. The van der Waals surface area contributed by atoms with Crippen molar-refractivity contribution < 1.29 is 18.3 Å². The summed E-state index contributed by atoms with van der Waals surface area (Å²) in [5.74, 6) is -1.03. The number of nitrogens with zero attached hydrogens (tertiary/aromatic N) is 1. The van der Waals surface area contributed by atoms with Crippen LogP contribution in [0.25, 0.3) is 0 Å². The van der Waals surface area contributed by atoms with Gasteiger partial charge in [0.15, 0.2) is 0 Å². The highest BCUT2D eigenvalue weighted by Crippen LogP contribution is 2.31. The fourth-order valence-corrected chi connectivity index (χ4v) is 5.06. The Balaban J connectivity index is 3.33. The van der Waals surface area contributed by atoms with E-state index in [0.29, 0.717) is 8.95 Å². The van der Waals surface area contributed by atoms with Crippen LogP contribution in [0.15, 0.2) is 32.0 Å². The van der Waals surface area contributed by atoms with E-state index in [2.05, 4.69) is 31.9 Å². The van der Waals surface area contributed by atoms with Crippen molar-refractivity contribution in [3.8, 4) is 0 Å². The van der Waals surface area contributed by atoms with E-state index in [1.165, 1.54) is 10.4 Å². The van der Waals surface area contributed by atoms with E-state index in [9.17, 15) is 13.2 Å². The summed E-state index contributed by atoms with van der Waals surface area (Å²) in [6.07, 6.45) is -0.248. The lowest BCUT2D eigenvalue weighted by Crippen LogP contribution is -2.46. The van der Waals surface area contributed by atoms with Crippen molar-refractivity contribution >= 4 is 47.9 Å². The third-order valence-electron chi connectivity index (χ3n) is 2.74. The number of sulfonamides is 1. The van der Waals surface area contributed by atoms with E-state index >= 15 is 0 Å². The first-order chi connectivity index (χ1) is 9.46. The molecule has 0 saturated carbocycles. The van der Waals surface area contributed by atoms with Gasteiger partial charge in [0.25, 0.3) is 0 Å². The molecule has 1 aromatic rings. The molecule has 0 amide bonds.